The second kappa shape index (κ2) is 7.07. The van der Waals surface area contributed by atoms with Gasteiger partial charge in [0.05, 0.1) is 0 Å². The fraction of sp³-hybridized carbons (Fsp3) is 0.750. The number of aromatic nitrogens is 2. The first-order chi connectivity index (χ1) is 9.99. The summed E-state index contributed by atoms with van der Waals surface area (Å²) >= 11 is 0. The smallest absolute Gasteiger partial charge is 0.135 e. The standard InChI is InChI=1S/C16H29N5/c1-12(2)16-18-14(17-3)10-15(19-16)21-8-6-13(7-9-21)11-20(4)5/h10,12-13H,6-9,11H2,1-5H3,(H,17,18,19). The Bertz CT molecular complexity index is 450. The molecule has 0 amide bonds. The maximum Gasteiger partial charge on any atom is 0.135 e. The summed E-state index contributed by atoms with van der Waals surface area (Å²) in [6, 6.07) is 2.07. The predicted molar refractivity (Wildman–Crippen MR) is 89.2 cm³/mol. The van der Waals surface area contributed by atoms with Gasteiger partial charge in [0.25, 0.3) is 0 Å². The number of piperidine rings is 1. The lowest BCUT2D eigenvalue weighted by Crippen LogP contribution is -2.37. The highest BCUT2D eigenvalue weighted by Gasteiger charge is 2.21. The number of hydrogen-bond acceptors (Lipinski definition) is 5. The molecule has 1 aromatic heterocycles. The molecular weight excluding hydrogens is 262 g/mol. The van der Waals surface area contributed by atoms with Crippen LogP contribution in [-0.2, 0) is 0 Å². The fourth-order valence-corrected chi connectivity index (χ4v) is 2.86. The topological polar surface area (TPSA) is 44.3 Å². The number of nitrogens with zero attached hydrogens (tertiary/aromatic N) is 4. The minimum atomic E-state index is 0.350. The van der Waals surface area contributed by atoms with Gasteiger partial charge in [0.2, 0.25) is 0 Å². The first-order valence-electron chi connectivity index (χ1n) is 7.96. The quantitative estimate of drug-likeness (QED) is 0.902. The lowest BCUT2D eigenvalue weighted by atomic mass is 9.96. The minimum Gasteiger partial charge on any atom is -0.373 e. The average Bonchev–Trinajstić information content (AvgIpc) is 2.46. The van der Waals surface area contributed by atoms with Crippen LogP contribution in [-0.4, -0.2) is 55.6 Å². The van der Waals surface area contributed by atoms with Gasteiger partial charge in [-0.05, 0) is 32.9 Å². The molecule has 1 aliphatic rings. The van der Waals surface area contributed by atoms with E-state index in [1.165, 1.54) is 19.4 Å². The summed E-state index contributed by atoms with van der Waals surface area (Å²) in [6.45, 7) is 7.66. The molecule has 0 radical (unpaired) electrons. The van der Waals surface area contributed by atoms with Gasteiger partial charge in [-0.3, -0.25) is 0 Å². The van der Waals surface area contributed by atoms with Crippen molar-refractivity contribution in [2.75, 3.05) is 51.0 Å². The Hall–Kier alpha value is -1.36. The minimum absolute atomic E-state index is 0.350. The maximum atomic E-state index is 4.75. The Kier molecular flexibility index (Phi) is 5.39. The molecule has 0 saturated carbocycles. The monoisotopic (exact) mass is 291 g/mol. The molecule has 5 nitrogen and oxygen atoms in total. The van der Waals surface area contributed by atoms with Crippen molar-refractivity contribution >= 4 is 11.6 Å². The Morgan fingerprint density at radius 3 is 2.48 bits per heavy atom. The summed E-state index contributed by atoms with van der Waals surface area (Å²) in [4.78, 5) is 14.0. The largest absolute Gasteiger partial charge is 0.373 e. The molecule has 1 saturated heterocycles. The molecule has 1 N–H and O–H groups in total. The molecule has 0 bridgehead atoms. The Morgan fingerprint density at radius 1 is 1.29 bits per heavy atom. The summed E-state index contributed by atoms with van der Waals surface area (Å²) in [6.07, 6.45) is 2.49. The van der Waals surface area contributed by atoms with Gasteiger partial charge in [0, 0.05) is 38.7 Å². The molecule has 2 heterocycles. The van der Waals surface area contributed by atoms with Crippen LogP contribution < -0.4 is 10.2 Å². The first-order valence-corrected chi connectivity index (χ1v) is 7.96. The van der Waals surface area contributed by atoms with E-state index in [1.807, 2.05) is 7.05 Å². The summed E-state index contributed by atoms with van der Waals surface area (Å²) < 4.78 is 0. The van der Waals surface area contributed by atoms with Crippen LogP contribution in [0.5, 0.6) is 0 Å². The zero-order chi connectivity index (χ0) is 15.4. The number of anilines is 2. The van der Waals surface area contributed by atoms with E-state index in [-0.39, 0.29) is 0 Å². The normalized spacial score (nSPS) is 16.8. The molecule has 5 heteroatoms. The first kappa shape index (κ1) is 16.0. The van der Waals surface area contributed by atoms with E-state index in [0.29, 0.717) is 5.92 Å². The maximum absolute atomic E-state index is 4.75. The summed E-state index contributed by atoms with van der Waals surface area (Å²) in [7, 11) is 6.23. The molecule has 1 aromatic rings. The van der Waals surface area contributed by atoms with Gasteiger partial charge < -0.3 is 15.1 Å². The number of nitrogens with one attached hydrogen (secondary N) is 1. The SMILES string of the molecule is CNc1cc(N2CCC(CN(C)C)CC2)nc(C(C)C)n1. The van der Waals surface area contributed by atoms with Crippen LogP contribution in [0, 0.1) is 5.92 Å². The zero-order valence-corrected chi connectivity index (χ0v) is 14.1. The van der Waals surface area contributed by atoms with Crippen LogP contribution in [0.4, 0.5) is 11.6 Å². The van der Waals surface area contributed by atoms with E-state index in [0.717, 1.165) is 36.5 Å². The summed E-state index contributed by atoms with van der Waals surface area (Å²) in [5.41, 5.74) is 0. The molecule has 0 spiro atoms. The second-order valence-corrected chi connectivity index (χ2v) is 6.57. The van der Waals surface area contributed by atoms with Crippen molar-refractivity contribution in [3.05, 3.63) is 11.9 Å². The molecule has 2 rings (SSSR count). The molecule has 0 aliphatic carbocycles. The van der Waals surface area contributed by atoms with Crippen molar-refractivity contribution in [1.82, 2.24) is 14.9 Å². The van der Waals surface area contributed by atoms with E-state index in [9.17, 15) is 0 Å². The highest BCUT2D eigenvalue weighted by Crippen LogP contribution is 2.25. The van der Waals surface area contributed by atoms with Crippen molar-refractivity contribution in [2.24, 2.45) is 5.92 Å². The highest BCUT2D eigenvalue weighted by atomic mass is 15.2. The van der Waals surface area contributed by atoms with E-state index in [1.54, 1.807) is 0 Å². The van der Waals surface area contributed by atoms with Crippen molar-refractivity contribution in [3.8, 4) is 0 Å². The van der Waals surface area contributed by atoms with Crippen LogP contribution in [0.15, 0.2) is 6.07 Å². The van der Waals surface area contributed by atoms with Gasteiger partial charge in [-0.1, -0.05) is 13.8 Å². The molecule has 118 valence electrons. The third-order valence-corrected chi connectivity index (χ3v) is 4.06. The van der Waals surface area contributed by atoms with Crippen molar-refractivity contribution in [2.45, 2.75) is 32.6 Å². The molecule has 0 atom stereocenters. The molecule has 1 aliphatic heterocycles. The summed E-state index contributed by atoms with van der Waals surface area (Å²) in [5, 5.41) is 3.15. The van der Waals surface area contributed by atoms with Crippen LogP contribution in [0.2, 0.25) is 0 Å². The van der Waals surface area contributed by atoms with Gasteiger partial charge in [-0.2, -0.15) is 0 Å². The van der Waals surface area contributed by atoms with Crippen LogP contribution >= 0.6 is 0 Å². The number of rotatable bonds is 5. The molecule has 0 unspecified atom stereocenters. The van der Waals surface area contributed by atoms with Crippen LogP contribution in [0.25, 0.3) is 0 Å². The van der Waals surface area contributed by atoms with Gasteiger partial charge in [0.15, 0.2) is 0 Å². The van der Waals surface area contributed by atoms with E-state index in [4.69, 9.17) is 4.98 Å². The predicted octanol–water partition coefficient (Wildman–Crippen LogP) is 2.42. The average molecular weight is 291 g/mol. The fourth-order valence-electron chi connectivity index (χ4n) is 2.86. The Balaban J connectivity index is 2.07. The van der Waals surface area contributed by atoms with E-state index >= 15 is 0 Å². The van der Waals surface area contributed by atoms with Crippen molar-refractivity contribution in [1.29, 1.82) is 0 Å². The second-order valence-electron chi connectivity index (χ2n) is 6.57. The van der Waals surface area contributed by atoms with Crippen molar-refractivity contribution in [3.63, 3.8) is 0 Å². The molecule has 1 fully saturated rings. The molecule has 21 heavy (non-hydrogen) atoms. The summed E-state index contributed by atoms with van der Waals surface area (Å²) in [5.74, 6) is 4.07. The van der Waals surface area contributed by atoms with E-state index in [2.05, 4.69) is 54.1 Å². The van der Waals surface area contributed by atoms with Crippen LogP contribution in [0.3, 0.4) is 0 Å². The van der Waals surface area contributed by atoms with Crippen molar-refractivity contribution < 1.29 is 0 Å². The Morgan fingerprint density at radius 2 is 1.95 bits per heavy atom. The third-order valence-electron chi connectivity index (χ3n) is 4.06. The van der Waals surface area contributed by atoms with Gasteiger partial charge in [0.1, 0.15) is 17.5 Å². The lowest BCUT2D eigenvalue weighted by Gasteiger charge is -2.34. The molecule has 0 aromatic carbocycles. The van der Waals surface area contributed by atoms with E-state index < -0.39 is 0 Å². The highest BCUT2D eigenvalue weighted by molar-refractivity contribution is 5.49. The zero-order valence-electron chi connectivity index (χ0n) is 14.1. The van der Waals surface area contributed by atoms with Gasteiger partial charge in [-0.15, -0.1) is 0 Å². The van der Waals surface area contributed by atoms with Crippen LogP contribution in [0.1, 0.15) is 38.4 Å². The molecular formula is C16H29N5. The van der Waals surface area contributed by atoms with Gasteiger partial charge >= 0.3 is 0 Å². The Labute approximate surface area is 128 Å². The lowest BCUT2D eigenvalue weighted by molar-refractivity contribution is 0.284. The van der Waals surface area contributed by atoms with Gasteiger partial charge in [-0.25, -0.2) is 9.97 Å². The number of hydrogen-bond donors (Lipinski definition) is 1. The third kappa shape index (κ3) is 4.30.